The van der Waals surface area contributed by atoms with Gasteiger partial charge in [0.25, 0.3) is 0 Å². The Hall–Kier alpha value is -3.29. The lowest BCUT2D eigenvalue weighted by Gasteiger charge is -2.23. The predicted octanol–water partition coefficient (Wildman–Crippen LogP) is 6.36. The SMILES string of the molecule is CCCc1ccc(Nc2ncc(C(F)(F)F)c(N(C)c3ccc(OCC)cc3)n2)cc1. The van der Waals surface area contributed by atoms with E-state index in [0.29, 0.717) is 23.7 Å². The maximum absolute atomic E-state index is 13.6. The van der Waals surface area contributed by atoms with Crippen LogP contribution in [0.5, 0.6) is 5.75 Å². The first kappa shape index (κ1) is 22.4. The third-order valence-electron chi connectivity index (χ3n) is 4.68. The van der Waals surface area contributed by atoms with Gasteiger partial charge in [0.1, 0.15) is 11.3 Å². The average Bonchev–Trinajstić information content (AvgIpc) is 2.75. The van der Waals surface area contributed by atoms with Crippen LogP contribution in [0.25, 0.3) is 0 Å². The summed E-state index contributed by atoms with van der Waals surface area (Å²) in [5, 5.41) is 2.99. The van der Waals surface area contributed by atoms with E-state index in [0.717, 1.165) is 19.0 Å². The molecule has 3 aromatic rings. The third-order valence-corrected chi connectivity index (χ3v) is 4.68. The van der Waals surface area contributed by atoms with Gasteiger partial charge in [0.15, 0.2) is 5.82 Å². The van der Waals surface area contributed by atoms with Gasteiger partial charge in [-0.05, 0) is 55.3 Å². The maximum atomic E-state index is 13.6. The van der Waals surface area contributed by atoms with Crippen molar-refractivity contribution in [3.63, 3.8) is 0 Å². The molecule has 0 saturated carbocycles. The van der Waals surface area contributed by atoms with Crippen molar-refractivity contribution in [3.05, 3.63) is 65.9 Å². The van der Waals surface area contributed by atoms with Crippen molar-refractivity contribution in [2.24, 2.45) is 0 Å². The molecule has 0 amide bonds. The van der Waals surface area contributed by atoms with Crippen LogP contribution in [0.15, 0.2) is 54.7 Å². The lowest BCUT2D eigenvalue weighted by Crippen LogP contribution is -2.19. The Bertz CT molecular complexity index is 989. The number of aryl methyl sites for hydroxylation is 1. The van der Waals surface area contributed by atoms with Gasteiger partial charge in [-0.2, -0.15) is 18.2 Å². The summed E-state index contributed by atoms with van der Waals surface area (Å²) in [4.78, 5) is 9.45. The number of nitrogens with zero attached hydrogens (tertiary/aromatic N) is 3. The number of benzene rings is 2. The fourth-order valence-corrected chi connectivity index (χ4v) is 3.12. The number of hydrogen-bond acceptors (Lipinski definition) is 5. The van der Waals surface area contributed by atoms with Gasteiger partial charge >= 0.3 is 6.18 Å². The Balaban J connectivity index is 1.91. The van der Waals surface area contributed by atoms with Crippen LogP contribution in [-0.2, 0) is 12.6 Å². The van der Waals surface area contributed by atoms with E-state index in [1.807, 2.05) is 31.2 Å². The fourth-order valence-electron chi connectivity index (χ4n) is 3.12. The van der Waals surface area contributed by atoms with Crippen molar-refractivity contribution in [1.29, 1.82) is 0 Å². The van der Waals surface area contributed by atoms with Crippen LogP contribution in [0.1, 0.15) is 31.4 Å². The number of nitrogens with one attached hydrogen (secondary N) is 1. The van der Waals surface area contributed by atoms with Crippen LogP contribution < -0.4 is 15.0 Å². The van der Waals surface area contributed by atoms with Gasteiger partial charge in [-0.3, -0.25) is 0 Å². The summed E-state index contributed by atoms with van der Waals surface area (Å²) in [6, 6.07) is 14.5. The van der Waals surface area contributed by atoms with E-state index >= 15 is 0 Å². The monoisotopic (exact) mass is 430 g/mol. The summed E-state index contributed by atoms with van der Waals surface area (Å²) >= 11 is 0. The zero-order chi connectivity index (χ0) is 22.4. The highest BCUT2D eigenvalue weighted by atomic mass is 19.4. The third kappa shape index (κ3) is 5.65. The highest BCUT2D eigenvalue weighted by Gasteiger charge is 2.36. The van der Waals surface area contributed by atoms with Gasteiger partial charge in [-0.1, -0.05) is 25.5 Å². The van der Waals surface area contributed by atoms with Crippen molar-refractivity contribution in [2.45, 2.75) is 32.9 Å². The summed E-state index contributed by atoms with van der Waals surface area (Å²) in [6.45, 7) is 4.47. The summed E-state index contributed by atoms with van der Waals surface area (Å²) in [7, 11) is 1.54. The summed E-state index contributed by atoms with van der Waals surface area (Å²) in [6.07, 6.45) is -1.78. The number of aromatic nitrogens is 2. The lowest BCUT2D eigenvalue weighted by atomic mass is 10.1. The average molecular weight is 430 g/mol. The van der Waals surface area contributed by atoms with E-state index in [1.165, 1.54) is 17.5 Å². The summed E-state index contributed by atoms with van der Waals surface area (Å²) in [5.74, 6) is 0.494. The molecule has 1 heterocycles. The van der Waals surface area contributed by atoms with Gasteiger partial charge in [0.2, 0.25) is 5.95 Å². The summed E-state index contributed by atoms with van der Waals surface area (Å²) in [5.41, 5.74) is 1.53. The van der Waals surface area contributed by atoms with Crippen LogP contribution in [-0.4, -0.2) is 23.6 Å². The maximum Gasteiger partial charge on any atom is 0.421 e. The number of ether oxygens (including phenoxy) is 1. The van der Waals surface area contributed by atoms with Crippen molar-refractivity contribution in [2.75, 3.05) is 23.9 Å². The van der Waals surface area contributed by atoms with Crippen molar-refractivity contribution < 1.29 is 17.9 Å². The minimum atomic E-state index is -4.59. The second kappa shape index (κ2) is 9.68. The van der Waals surface area contributed by atoms with Crippen LogP contribution >= 0.6 is 0 Å². The first-order valence-electron chi connectivity index (χ1n) is 10.1. The molecule has 3 rings (SSSR count). The first-order chi connectivity index (χ1) is 14.8. The molecule has 0 aliphatic carbocycles. The van der Waals surface area contributed by atoms with Gasteiger partial charge in [-0.15, -0.1) is 0 Å². The van der Waals surface area contributed by atoms with Gasteiger partial charge < -0.3 is 15.0 Å². The Labute approximate surface area is 179 Å². The predicted molar refractivity (Wildman–Crippen MR) is 116 cm³/mol. The Morgan fingerprint density at radius 1 is 1.00 bits per heavy atom. The molecule has 5 nitrogen and oxygen atoms in total. The standard InChI is InChI=1S/C23H25F3N4O/c1-4-6-16-7-9-17(10-8-16)28-22-27-15-20(23(24,25)26)21(29-22)30(3)18-11-13-19(14-12-18)31-5-2/h7-15H,4-6H2,1-3H3,(H,27,28,29). The number of hydrogen-bond donors (Lipinski definition) is 1. The minimum absolute atomic E-state index is 0.0871. The number of halogens is 3. The Morgan fingerprint density at radius 2 is 1.68 bits per heavy atom. The molecule has 0 bridgehead atoms. The van der Waals surface area contributed by atoms with E-state index in [4.69, 9.17) is 4.74 Å². The highest BCUT2D eigenvalue weighted by molar-refractivity contribution is 5.65. The van der Waals surface area contributed by atoms with Gasteiger partial charge in [0.05, 0.1) is 6.61 Å². The summed E-state index contributed by atoms with van der Waals surface area (Å²) < 4.78 is 46.3. The van der Waals surface area contributed by atoms with E-state index in [2.05, 4.69) is 22.2 Å². The molecule has 164 valence electrons. The van der Waals surface area contributed by atoms with Crippen LogP contribution in [0.4, 0.5) is 36.3 Å². The van der Waals surface area contributed by atoms with Crippen molar-refractivity contribution >= 4 is 23.1 Å². The number of alkyl halides is 3. The fraction of sp³-hybridized carbons (Fsp3) is 0.304. The molecule has 1 N–H and O–H groups in total. The van der Waals surface area contributed by atoms with E-state index < -0.39 is 11.7 Å². The molecule has 0 unspecified atom stereocenters. The quantitative estimate of drug-likeness (QED) is 0.451. The largest absolute Gasteiger partial charge is 0.494 e. The molecule has 0 radical (unpaired) electrons. The van der Waals surface area contributed by atoms with Crippen LogP contribution in [0, 0.1) is 0 Å². The highest BCUT2D eigenvalue weighted by Crippen LogP contribution is 2.38. The van der Waals surface area contributed by atoms with E-state index in [-0.39, 0.29) is 11.8 Å². The minimum Gasteiger partial charge on any atom is -0.494 e. The molecule has 8 heteroatoms. The van der Waals surface area contributed by atoms with Crippen molar-refractivity contribution in [1.82, 2.24) is 9.97 Å². The zero-order valence-corrected chi connectivity index (χ0v) is 17.7. The number of rotatable bonds is 8. The molecule has 1 aromatic heterocycles. The molecule has 0 saturated heterocycles. The lowest BCUT2D eigenvalue weighted by molar-refractivity contribution is -0.137. The molecule has 2 aromatic carbocycles. The van der Waals surface area contributed by atoms with E-state index in [9.17, 15) is 13.2 Å². The Kier molecular flexibility index (Phi) is 6.99. The van der Waals surface area contributed by atoms with E-state index in [1.54, 1.807) is 24.3 Å². The molecule has 0 atom stereocenters. The number of anilines is 4. The molecular weight excluding hydrogens is 405 g/mol. The smallest absolute Gasteiger partial charge is 0.421 e. The molecule has 0 spiro atoms. The zero-order valence-electron chi connectivity index (χ0n) is 17.7. The molecule has 0 fully saturated rings. The second-order valence-electron chi connectivity index (χ2n) is 6.99. The van der Waals surface area contributed by atoms with Crippen LogP contribution in [0.2, 0.25) is 0 Å². The topological polar surface area (TPSA) is 50.3 Å². The van der Waals surface area contributed by atoms with Gasteiger partial charge in [-0.25, -0.2) is 4.98 Å². The van der Waals surface area contributed by atoms with Gasteiger partial charge in [0, 0.05) is 24.6 Å². The second-order valence-corrected chi connectivity index (χ2v) is 6.99. The van der Waals surface area contributed by atoms with Crippen LogP contribution in [0.3, 0.4) is 0 Å². The first-order valence-corrected chi connectivity index (χ1v) is 10.1. The molecule has 31 heavy (non-hydrogen) atoms. The normalized spacial score (nSPS) is 11.3. The molecular formula is C23H25F3N4O. The van der Waals surface area contributed by atoms with Crippen molar-refractivity contribution in [3.8, 4) is 5.75 Å². The molecule has 0 aliphatic rings. The molecule has 0 aliphatic heterocycles. The Morgan fingerprint density at radius 3 is 2.26 bits per heavy atom.